The van der Waals surface area contributed by atoms with Gasteiger partial charge in [0.15, 0.2) is 5.82 Å². The van der Waals surface area contributed by atoms with Gasteiger partial charge in [-0.3, -0.25) is 0 Å². The highest BCUT2D eigenvalue weighted by Gasteiger charge is 2.07. The maximum absolute atomic E-state index is 4.47. The Hall–Kier alpha value is -2.47. The van der Waals surface area contributed by atoms with Crippen LogP contribution in [0.1, 0.15) is 24.1 Å². The molecule has 0 saturated carbocycles. The van der Waals surface area contributed by atoms with E-state index >= 15 is 0 Å². The van der Waals surface area contributed by atoms with Crippen LogP contribution in [0, 0.1) is 6.92 Å². The topological polar surface area (TPSA) is 62.7 Å². The fourth-order valence-corrected chi connectivity index (χ4v) is 2.65. The Kier molecular flexibility index (Phi) is 5.05. The Labute approximate surface area is 149 Å². The number of benzene rings is 2. The van der Waals surface area contributed by atoms with Crippen molar-refractivity contribution in [3.05, 3.63) is 70.3 Å². The maximum atomic E-state index is 4.47. The van der Waals surface area contributed by atoms with Crippen LogP contribution in [-0.4, -0.2) is 15.2 Å². The van der Waals surface area contributed by atoms with E-state index in [-0.39, 0.29) is 6.04 Å². The molecule has 1 heterocycles. The van der Waals surface area contributed by atoms with Crippen LogP contribution < -0.4 is 10.6 Å². The van der Waals surface area contributed by atoms with Gasteiger partial charge in [0.1, 0.15) is 0 Å². The van der Waals surface area contributed by atoms with Gasteiger partial charge in [0.25, 0.3) is 0 Å². The molecule has 3 aromatic rings. The highest BCUT2D eigenvalue weighted by molar-refractivity contribution is 9.10. The Bertz CT molecular complexity index is 823. The fraction of sp³-hybridized carbons (Fsp3) is 0.167. The molecule has 0 aliphatic rings. The van der Waals surface area contributed by atoms with Crippen molar-refractivity contribution in [2.75, 3.05) is 10.6 Å². The molecule has 0 fully saturated rings. The number of rotatable bonds is 5. The van der Waals surface area contributed by atoms with Gasteiger partial charge >= 0.3 is 0 Å². The number of hydrogen-bond acceptors (Lipinski definition) is 5. The standard InChI is InChI=1S/C18H18BrN5/c1-12-8-9-15(10-16(12)19)22-18-23-17(11-20-24-18)21-13(2)14-6-4-3-5-7-14/h3-11,13H,1-2H3,(H2,21,22,23,24). The van der Waals surface area contributed by atoms with E-state index in [0.717, 1.165) is 10.2 Å². The van der Waals surface area contributed by atoms with Crippen molar-refractivity contribution in [2.24, 2.45) is 0 Å². The highest BCUT2D eigenvalue weighted by atomic mass is 79.9. The quantitative estimate of drug-likeness (QED) is 0.658. The number of nitrogens with one attached hydrogen (secondary N) is 2. The lowest BCUT2D eigenvalue weighted by Gasteiger charge is -2.15. The van der Waals surface area contributed by atoms with Gasteiger partial charge in [-0.2, -0.15) is 10.1 Å². The summed E-state index contributed by atoms with van der Waals surface area (Å²) in [4.78, 5) is 4.47. The second-order valence-electron chi connectivity index (χ2n) is 5.53. The third-order valence-electron chi connectivity index (χ3n) is 3.65. The lowest BCUT2D eigenvalue weighted by Crippen LogP contribution is -2.09. The highest BCUT2D eigenvalue weighted by Crippen LogP contribution is 2.23. The zero-order valence-electron chi connectivity index (χ0n) is 13.5. The summed E-state index contributed by atoms with van der Waals surface area (Å²) in [6, 6.07) is 16.3. The Morgan fingerprint density at radius 3 is 2.62 bits per heavy atom. The van der Waals surface area contributed by atoms with Crippen molar-refractivity contribution in [1.82, 2.24) is 15.2 Å². The van der Waals surface area contributed by atoms with E-state index in [0.29, 0.717) is 11.8 Å². The molecular formula is C18H18BrN5. The molecule has 1 unspecified atom stereocenters. The minimum atomic E-state index is 0.129. The van der Waals surface area contributed by atoms with Gasteiger partial charge < -0.3 is 10.6 Å². The molecule has 0 aliphatic carbocycles. The van der Waals surface area contributed by atoms with E-state index < -0.39 is 0 Å². The summed E-state index contributed by atoms with van der Waals surface area (Å²) in [6.07, 6.45) is 1.62. The van der Waals surface area contributed by atoms with Gasteiger partial charge in [-0.15, -0.1) is 5.10 Å². The molecule has 1 atom stereocenters. The van der Waals surface area contributed by atoms with E-state index in [1.165, 1.54) is 11.1 Å². The van der Waals surface area contributed by atoms with Crippen molar-refractivity contribution in [3.63, 3.8) is 0 Å². The van der Waals surface area contributed by atoms with Crippen molar-refractivity contribution in [2.45, 2.75) is 19.9 Å². The number of anilines is 3. The first kappa shape index (κ1) is 16.4. The summed E-state index contributed by atoms with van der Waals surface area (Å²) in [7, 11) is 0. The molecule has 5 nitrogen and oxygen atoms in total. The maximum Gasteiger partial charge on any atom is 0.249 e. The molecule has 2 N–H and O–H groups in total. The molecule has 122 valence electrons. The molecule has 0 amide bonds. The predicted octanol–water partition coefficient (Wildman–Crippen LogP) is 4.86. The third-order valence-corrected chi connectivity index (χ3v) is 4.51. The van der Waals surface area contributed by atoms with E-state index in [4.69, 9.17) is 0 Å². The summed E-state index contributed by atoms with van der Waals surface area (Å²) in [5.74, 6) is 1.13. The second kappa shape index (κ2) is 7.40. The molecule has 6 heteroatoms. The van der Waals surface area contributed by atoms with E-state index in [1.807, 2.05) is 43.3 Å². The minimum absolute atomic E-state index is 0.129. The van der Waals surface area contributed by atoms with Gasteiger partial charge in [-0.1, -0.05) is 52.3 Å². The minimum Gasteiger partial charge on any atom is -0.362 e. The average molecular weight is 384 g/mol. The molecule has 0 spiro atoms. The Morgan fingerprint density at radius 2 is 1.88 bits per heavy atom. The largest absolute Gasteiger partial charge is 0.362 e. The molecule has 0 aliphatic heterocycles. The van der Waals surface area contributed by atoms with Crippen molar-refractivity contribution < 1.29 is 0 Å². The lowest BCUT2D eigenvalue weighted by molar-refractivity contribution is 0.861. The number of aryl methyl sites for hydroxylation is 1. The lowest BCUT2D eigenvalue weighted by atomic mass is 10.1. The van der Waals surface area contributed by atoms with Crippen LogP contribution in [0.25, 0.3) is 0 Å². The van der Waals surface area contributed by atoms with Gasteiger partial charge in [-0.25, -0.2) is 0 Å². The monoisotopic (exact) mass is 383 g/mol. The van der Waals surface area contributed by atoms with E-state index in [9.17, 15) is 0 Å². The first-order chi connectivity index (χ1) is 11.6. The van der Waals surface area contributed by atoms with Gasteiger partial charge in [0.05, 0.1) is 6.20 Å². The SMILES string of the molecule is Cc1ccc(Nc2nncc(NC(C)c3ccccc3)n2)cc1Br. The van der Waals surface area contributed by atoms with Crippen LogP contribution in [0.4, 0.5) is 17.5 Å². The van der Waals surface area contributed by atoms with Crippen molar-refractivity contribution in [1.29, 1.82) is 0 Å². The van der Waals surface area contributed by atoms with Gasteiger partial charge in [0, 0.05) is 16.2 Å². The van der Waals surface area contributed by atoms with Crippen LogP contribution in [-0.2, 0) is 0 Å². The zero-order valence-corrected chi connectivity index (χ0v) is 15.1. The molecule has 3 rings (SSSR count). The zero-order chi connectivity index (χ0) is 16.9. The first-order valence-electron chi connectivity index (χ1n) is 7.66. The molecule has 0 radical (unpaired) electrons. The van der Waals surface area contributed by atoms with Crippen LogP contribution in [0.15, 0.2) is 59.2 Å². The van der Waals surface area contributed by atoms with Crippen LogP contribution >= 0.6 is 15.9 Å². The fourth-order valence-electron chi connectivity index (χ4n) is 2.27. The molecule has 2 aromatic carbocycles. The second-order valence-corrected chi connectivity index (χ2v) is 6.39. The summed E-state index contributed by atoms with van der Waals surface area (Å²) in [5, 5.41) is 14.6. The number of aromatic nitrogens is 3. The van der Waals surface area contributed by atoms with Gasteiger partial charge in [0.2, 0.25) is 5.95 Å². The molecule has 1 aromatic heterocycles. The molecule has 0 saturated heterocycles. The summed E-state index contributed by atoms with van der Waals surface area (Å²) < 4.78 is 1.03. The van der Waals surface area contributed by atoms with Crippen molar-refractivity contribution >= 4 is 33.4 Å². The number of hydrogen-bond donors (Lipinski definition) is 2. The third kappa shape index (κ3) is 4.08. The van der Waals surface area contributed by atoms with E-state index in [1.54, 1.807) is 6.20 Å². The first-order valence-corrected chi connectivity index (χ1v) is 8.45. The van der Waals surface area contributed by atoms with Gasteiger partial charge in [-0.05, 0) is 37.1 Å². The molecule has 0 bridgehead atoms. The van der Waals surface area contributed by atoms with Crippen LogP contribution in [0.3, 0.4) is 0 Å². The van der Waals surface area contributed by atoms with E-state index in [2.05, 4.69) is 60.8 Å². The summed E-state index contributed by atoms with van der Waals surface area (Å²) in [6.45, 7) is 4.13. The molecular weight excluding hydrogens is 366 g/mol. The number of halogens is 1. The normalized spacial score (nSPS) is 11.8. The van der Waals surface area contributed by atoms with Crippen LogP contribution in [0.5, 0.6) is 0 Å². The Morgan fingerprint density at radius 1 is 1.08 bits per heavy atom. The number of nitrogens with zero attached hydrogens (tertiary/aromatic N) is 3. The predicted molar refractivity (Wildman–Crippen MR) is 100 cm³/mol. The summed E-state index contributed by atoms with van der Waals surface area (Å²) in [5.41, 5.74) is 3.27. The van der Waals surface area contributed by atoms with Crippen LogP contribution in [0.2, 0.25) is 0 Å². The smallest absolute Gasteiger partial charge is 0.249 e. The summed E-state index contributed by atoms with van der Waals surface area (Å²) >= 11 is 3.52. The van der Waals surface area contributed by atoms with Crippen molar-refractivity contribution in [3.8, 4) is 0 Å². The Balaban J connectivity index is 1.73. The average Bonchev–Trinajstić information content (AvgIpc) is 2.59. The molecule has 24 heavy (non-hydrogen) atoms.